The summed E-state index contributed by atoms with van der Waals surface area (Å²) in [4.78, 5) is 13.0. The largest absolute Gasteiger partial charge is 0.465 e. The second-order valence-corrected chi connectivity index (χ2v) is 8.03. The Morgan fingerprint density at radius 1 is 1.44 bits per heavy atom. The van der Waals surface area contributed by atoms with E-state index >= 15 is 0 Å². The third kappa shape index (κ3) is 5.02. The highest BCUT2D eigenvalue weighted by atomic mass is 79.9. The Bertz CT molecular complexity index is 766. The van der Waals surface area contributed by atoms with Crippen molar-refractivity contribution in [2.45, 2.75) is 33.7 Å². The molecule has 6 nitrogen and oxygen atoms in total. The monoisotopic (exact) mass is 444 g/mol. The van der Waals surface area contributed by atoms with Crippen molar-refractivity contribution in [3.63, 3.8) is 0 Å². The van der Waals surface area contributed by atoms with E-state index in [-0.39, 0.29) is 5.97 Å². The molecular weight excluding hydrogens is 424 g/mol. The maximum Gasteiger partial charge on any atom is 0.341 e. The van der Waals surface area contributed by atoms with E-state index in [1.165, 1.54) is 18.4 Å². The number of rotatable bonds is 6. The van der Waals surface area contributed by atoms with Gasteiger partial charge in [-0.05, 0) is 60.9 Å². The molecule has 0 aliphatic heterocycles. The van der Waals surface area contributed by atoms with Gasteiger partial charge in [0.05, 0.1) is 22.8 Å². The molecule has 0 spiro atoms. The second kappa shape index (κ2) is 8.77. The zero-order chi connectivity index (χ0) is 18.6. The van der Waals surface area contributed by atoms with Crippen LogP contribution in [0.2, 0.25) is 0 Å². The summed E-state index contributed by atoms with van der Waals surface area (Å²) in [5.74, 6) is -0.355. The lowest BCUT2D eigenvalue weighted by atomic mass is 10.1. The van der Waals surface area contributed by atoms with Crippen LogP contribution in [0.3, 0.4) is 0 Å². The number of methoxy groups -OCH3 is 1. The summed E-state index contributed by atoms with van der Waals surface area (Å²) in [5, 5.41) is 11.9. The first-order valence-corrected chi connectivity index (χ1v) is 9.78. The van der Waals surface area contributed by atoms with E-state index in [9.17, 15) is 4.79 Å². The van der Waals surface area contributed by atoms with Gasteiger partial charge in [0, 0.05) is 24.2 Å². The van der Waals surface area contributed by atoms with Gasteiger partial charge >= 0.3 is 5.97 Å². The van der Waals surface area contributed by atoms with Gasteiger partial charge in [0.2, 0.25) is 0 Å². The lowest BCUT2D eigenvalue weighted by molar-refractivity contribution is 0.0601. The summed E-state index contributed by atoms with van der Waals surface area (Å²) >= 11 is 10.3. The van der Waals surface area contributed by atoms with Crippen molar-refractivity contribution in [3.05, 3.63) is 32.4 Å². The average molecular weight is 445 g/mol. The normalized spacial score (nSPS) is 10.6. The van der Waals surface area contributed by atoms with E-state index in [1.807, 2.05) is 31.6 Å². The van der Waals surface area contributed by atoms with Gasteiger partial charge in [-0.2, -0.15) is 5.10 Å². The molecular formula is C16H21BrN4O2S2. The number of carbonyl (C=O) groups is 1. The number of aryl methyl sites for hydroxylation is 3. The lowest BCUT2D eigenvalue weighted by Crippen LogP contribution is -2.30. The Kier molecular flexibility index (Phi) is 6.97. The highest BCUT2D eigenvalue weighted by Crippen LogP contribution is 2.32. The molecule has 0 aliphatic rings. The highest BCUT2D eigenvalue weighted by molar-refractivity contribution is 9.10. The van der Waals surface area contributed by atoms with Crippen LogP contribution >= 0.6 is 39.5 Å². The number of carbonyl (C=O) groups excluding carboxylic acids is 1. The van der Waals surface area contributed by atoms with E-state index in [0.29, 0.717) is 22.2 Å². The number of thiophene rings is 1. The third-order valence-corrected chi connectivity index (χ3v) is 5.89. The topological polar surface area (TPSA) is 68.2 Å². The first-order chi connectivity index (χ1) is 11.8. The van der Waals surface area contributed by atoms with Gasteiger partial charge in [0.25, 0.3) is 0 Å². The molecule has 0 amide bonds. The van der Waals surface area contributed by atoms with Crippen LogP contribution in [-0.4, -0.2) is 34.5 Å². The van der Waals surface area contributed by atoms with Gasteiger partial charge in [0.15, 0.2) is 5.11 Å². The van der Waals surface area contributed by atoms with Crippen molar-refractivity contribution in [3.8, 4) is 0 Å². The van der Waals surface area contributed by atoms with Gasteiger partial charge in [-0.1, -0.05) is 0 Å². The van der Waals surface area contributed by atoms with Crippen molar-refractivity contribution in [1.29, 1.82) is 0 Å². The maximum absolute atomic E-state index is 12.0. The number of nitrogens with zero attached hydrogens (tertiary/aromatic N) is 2. The number of esters is 1. The van der Waals surface area contributed by atoms with Crippen molar-refractivity contribution in [1.82, 2.24) is 15.1 Å². The Morgan fingerprint density at radius 2 is 2.16 bits per heavy atom. The van der Waals surface area contributed by atoms with Crippen LogP contribution in [-0.2, 0) is 11.3 Å². The molecule has 0 unspecified atom stereocenters. The molecule has 0 saturated heterocycles. The Labute approximate surface area is 165 Å². The minimum absolute atomic E-state index is 0.355. The van der Waals surface area contributed by atoms with Gasteiger partial charge in [-0.25, -0.2) is 4.79 Å². The Balaban J connectivity index is 1.86. The minimum Gasteiger partial charge on any atom is -0.465 e. The molecule has 0 aromatic carbocycles. The summed E-state index contributed by atoms with van der Waals surface area (Å²) in [6.07, 6.45) is 2.84. The van der Waals surface area contributed by atoms with Crippen LogP contribution in [0, 0.1) is 20.8 Å². The van der Waals surface area contributed by atoms with Crippen LogP contribution < -0.4 is 10.6 Å². The van der Waals surface area contributed by atoms with Gasteiger partial charge in [-0.15, -0.1) is 11.3 Å². The van der Waals surface area contributed by atoms with Crippen molar-refractivity contribution < 1.29 is 9.53 Å². The zero-order valence-corrected chi connectivity index (χ0v) is 17.8. The summed E-state index contributed by atoms with van der Waals surface area (Å²) < 4.78 is 7.77. The van der Waals surface area contributed by atoms with Gasteiger partial charge < -0.3 is 15.4 Å². The van der Waals surface area contributed by atoms with E-state index in [2.05, 4.69) is 31.7 Å². The molecule has 2 N–H and O–H groups in total. The zero-order valence-electron chi connectivity index (χ0n) is 14.6. The number of nitrogens with one attached hydrogen (secondary N) is 2. The number of ether oxygens (including phenoxy) is 1. The number of aromatic nitrogens is 2. The van der Waals surface area contributed by atoms with Gasteiger partial charge in [0.1, 0.15) is 5.00 Å². The molecule has 0 saturated carbocycles. The maximum atomic E-state index is 12.0. The molecule has 0 bridgehead atoms. The first-order valence-electron chi connectivity index (χ1n) is 7.76. The standard InChI is InChI=1S/C16H21BrN4O2S2/c1-9-11(3)25-14(13(9)15(22)23-4)19-16(24)18-6-5-7-21-8-12(17)10(2)20-21/h8H,5-7H2,1-4H3,(H2,18,19,24). The summed E-state index contributed by atoms with van der Waals surface area (Å²) in [7, 11) is 1.38. The number of hydrogen-bond acceptors (Lipinski definition) is 5. The molecule has 9 heteroatoms. The molecule has 2 heterocycles. The summed E-state index contributed by atoms with van der Waals surface area (Å²) in [6, 6.07) is 0. The average Bonchev–Trinajstić information content (AvgIpc) is 3.02. The van der Waals surface area contributed by atoms with E-state index in [1.54, 1.807) is 0 Å². The van der Waals surface area contributed by atoms with E-state index in [4.69, 9.17) is 17.0 Å². The second-order valence-electron chi connectivity index (χ2n) is 5.54. The number of hydrogen-bond donors (Lipinski definition) is 2. The molecule has 2 aromatic heterocycles. The molecule has 0 radical (unpaired) electrons. The van der Waals surface area contributed by atoms with Gasteiger partial charge in [-0.3, -0.25) is 4.68 Å². The predicted octanol–water partition coefficient (Wildman–Crippen LogP) is 3.80. The minimum atomic E-state index is -0.355. The fraction of sp³-hybridized carbons (Fsp3) is 0.438. The fourth-order valence-electron chi connectivity index (χ4n) is 2.26. The van der Waals surface area contributed by atoms with Crippen LogP contribution in [0.4, 0.5) is 5.00 Å². The lowest BCUT2D eigenvalue weighted by Gasteiger charge is -2.10. The summed E-state index contributed by atoms with van der Waals surface area (Å²) in [5.41, 5.74) is 2.44. The Morgan fingerprint density at radius 3 is 2.76 bits per heavy atom. The number of halogens is 1. The van der Waals surface area contributed by atoms with Crippen LogP contribution in [0.1, 0.15) is 32.9 Å². The van der Waals surface area contributed by atoms with Crippen molar-refractivity contribution in [2.24, 2.45) is 0 Å². The predicted molar refractivity (Wildman–Crippen MR) is 109 cm³/mol. The molecule has 0 fully saturated rings. The molecule has 136 valence electrons. The van der Waals surface area contributed by atoms with E-state index < -0.39 is 0 Å². The fourth-order valence-corrected chi connectivity index (χ4v) is 3.90. The summed E-state index contributed by atoms with van der Waals surface area (Å²) in [6.45, 7) is 7.34. The quantitative estimate of drug-likeness (QED) is 0.401. The number of thiocarbonyl (C=S) groups is 1. The molecule has 2 rings (SSSR count). The number of anilines is 1. The Hall–Kier alpha value is -1.45. The van der Waals surface area contributed by atoms with Crippen LogP contribution in [0.5, 0.6) is 0 Å². The molecule has 25 heavy (non-hydrogen) atoms. The van der Waals surface area contributed by atoms with Crippen LogP contribution in [0.15, 0.2) is 10.7 Å². The highest BCUT2D eigenvalue weighted by Gasteiger charge is 2.20. The van der Waals surface area contributed by atoms with Crippen molar-refractivity contribution in [2.75, 3.05) is 19.0 Å². The third-order valence-electron chi connectivity index (χ3n) is 3.74. The molecule has 0 aliphatic carbocycles. The smallest absolute Gasteiger partial charge is 0.341 e. The molecule has 2 aromatic rings. The first kappa shape index (κ1) is 19.9. The SMILES string of the molecule is COC(=O)c1c(NC(=S)NCCCn2cc(Br)c(C)n2)sc(C)c1C. The molecule has 0 atom stereocenters. The van der Waals surface area contributed by atoms with Crippen LogP contribution in [0.25, 0.3) is 0 Å². The van der Waals surface area contributed by atoms with Crippen molar-refractivity contribution >= 4 is 55.6 Å². The van der Waals surface area contributed by atoms with E-state index in [0.717, 1.165) is 33.6 Å².